The van der Waals surface area contributed by atoms with Gasteiger partial charge in [-0.05, 0) is 17.5 Å². The van der Waals surface area contributed by atoms with Crippen LogP contribution in [0.1, 0.15) is 30.4 Å². The van der Waals surface area contributed by atoms with Crippen LogP contribution in [0, 0.1) is 0 Å². The van der Waals surface area contributed by atoms with E-state index in [1.165, 1.54) is 0 Å². The lowest BCUT2D eigenvalue weighted by Gasteiger charge is -2.06. The first-order valence-corrected chi connectivity index (χ1v) is 9.87. The van der Waals surface area contributed by atoms with Crippen molar-refractivity contribution in [3.63, 3.8) is 0 Å². The van der Waals surface area contributed by atoms with E-state index in [2.05, 4.69) is 20.6 Å². The lowest BCUT2D eigenvalue weighted by molar-refractivity contribution is -0.121. The van der Waals surface area contributed by atoms with Crippen molar-refractivity contribution in [2.45, 2.75) is 19.3 Å². The second-order valence-electron chi connectivity index (χ2n) is 6.45. The summed E-state index contributed by atoms with van der Waals surface area (Å²) in [6.07, 6.45) is 4.95. The fourth-order valence-electron chi connectivity index (χ4n) is 2.47. The Hall–Kier alpha value is -3.28. The molecule has 2 amide bonds. The zero-order chi connectivity index (χ0) is 20.6. The Labute approximate surface area is 172 Å². The van der Waals surface area contributed by atoms with Gasteiger partial charge in [-0.25, -0.2) is 0 Å². The third-order valence-corrected chi connectivity index (χ3v) is 4.01. The molecule has 0 bridgehead atoms. The lowest BCUT2D eigenvalue weighted by atomic mass is 10.2. The third kappa shape index (κ3) is 10.6. The second kappa shape index (κ2) is 13.8. The van der Waals surface area contributed by atoms with Crippen LogP contribution in [-0.4, -0.2) is 50.4 Å². The van der Waals surface area contributed by atoms with Crippen molar-refractivity contribution >= 4 is 24.2 Å². The summed E-state index contributed by atoms with van der Waals surface area (Å²) in [5.41, 5.74) is 2.05. The van der Waals surface area contributed by atoms with Crippen molar-refractivity contribution < 1.29 is 9.59 Å². The number of amides is 2. The van der Waals surface area contributed by atoms with Crippen molar-refractivity contribution in [2.24, 2.45) is 9.98 Å². The molecule has 152 valence electrons. The van der Waals surface area contributed by atoms with Crippen LogP contribution in [0.15, 0.2) is 70.6 Å². The highest BCUT2D eigenvalue weighted by Gasteiger charge is 2.01. The maximum absolute atomic E-state index is 11.8. The largest absolute Gasteiger partial charge is 0.356 e. The van der Waals surface area contributed by atoms with Gasteiger partial charge in [0.1, 0.15) is 0 Å². The van der Waals surface area contributed by atoms with Crippen LogP contribution in [0.5, 0.6) is 0 Å². The van der Waals surface area contributed by atoms with E-state index in [0.717, 1.165) is 11.1 Å². The van der Waals surface area contributed by atoms with Crippen LogP contribution in [0.3, 0.4) is 0 Å². The average Bonchev–Trinajstić information content (AvgIpc) is 2.75. The maximum Gasteiger partial charge on any atom is 0.221 e. The van der Waals surface area contributed by atoms with E-state index in [1.54, 1.807) is 12.4 Å². The predicted octanol–water partition coefficient (Wildman–Crippen LogP) is 2.63. The molecule has 0 spiro atoms. The Bertz CT molecular complexity index is 722. The average molecular weight is 393 g/mol. The highest BCUT2D eigenvalue weighted by atomic mass is 16.2. The minimum Gasteiger partial charge on any atom is -0.356 e. The van der Waals surface area contributed by atoms with E-state index in [-0.39, 0.29) is 11.8 Å². The summed E-state index contributed by atoms with van der Waals surface area (Å²) < 4.78 is 0. The second-order valence-corrected chi connectivity index (χ2v) is 6.45. The van der Waals surface area contributed by atoms with Gasteiger partial charge < -0.3 is 10.6 Å². The highest BCUT2D eigenvalue weighted by molar-refractivity contribution is 5.81. The number of hydrogen-bond acceptors (Lipinski definition) is 4. The fourth-order valence-corrected chi connectivity index (χ4v) is 2.47. The smallest absolute Gasteiger partial charge is 0.221 e. The SMILES string of the molecule is O=C(CCN=Cc1ccccc1)NCCCNC(=O)CCN=Cc1ccccc1. The Morgan fingerprint density at radius 2 is 1.10 bits per heavy atom. The number of benzene rings is 2. The molecule has 0 unspecified atom stereocenters. The zero-order valence-electron chi connectivity index (χ0n) is 16.6. The maximum atomic E-state index is 11.8. The summed E-state index contributed by atoms with van der Waals surface area (Å²) in [6.45, 7) is 1.99. The molecule has 0 aromatic heterocycles. The Morgan fingerprint density at radius 1 is 0.690 bits per heavy atom. The van der Waals surface area contributed by atoms with Gasteiger partial charge in [0, 0.05) is 51.4 Å². The van der Waals surface area contributed by atoms with Gasteiger partial charge in [0.05, 0.1) is 0 Å². The first-order valence-electron chi connectivity index (χ1n) is 9.87. The Morgan fingerprint density at radius 3 is 1.52 bits per heavy atom. The van der Waals surface area contributed by atoms with E-state index in [0.29, 0.717) is 45.4 Å². The van der Waals surface area contributed by atoms with Crippen LogP contribution in [0.4, 0.5) is 0 Å². The molecule has 2 aromatic carbocycles. The molecule has 0 radical (unpaired) electrons. The van der Waals surface area contributed by atoms with Gasteiger partial charge in [-0.15, -0.1) is 0 Å². The number of nitrogens with zero attached hydrogens (tertiary/aromatic N) is 2. The number of carbonyl (C=O) groups excluding carboxylic acids is 2. The first kappa shape index (κ1) is 22.0. The molecule has 6 heteroatoms. The molecule has 0 fully saturated rings. The first-order chi connectivity index (χ1) is 14.2. The number of carbonyl (C=O) groups is 2. The molecule has 0 aliphatic carbocycles. The van der Waals surface area contributed by atoms with Crippen LogP contribution in [0.25, 0.3) is 0 Å². The molecule has 0 saturated heterocycles. The Kier molecular flexibility index (Phi) is 10.5. The van der Waals surface area contributed by atoms with E-state index in [1.807, 2.05) is 60.7 Å². The zero-order valence-corrected chi connectivity index (χ0v) is 16.6. The van der Waals surface area contributed by atoms with Crippen LogP contribution >= 0.6 is 0 Å². The van der Waals surface area contributed by atoms with Crippen molar-refractivity contribution in [1.82, 2.24) is 10.6 Å². The van der Waals surface area contributed by atoms with Gasteiger partial charge >= 0.3 is 0 Å². The van der Waals surface area contributed by atoms with Crippen molar-refractivity contribution in [3.8, 4) is 0 Å². The molecule has 0 aliphatic heterocycles. The van der Waals surface area contributed by atoms with Gasteiger partial charge in [-0.3, -0.25) is 19.6 Å². The minimum atomic E-state index is -0.0308. The molecule has 2 aromatic rings. The molecule has 0 aliphatic rings. The summed E-state index contributed by atoms with van der Waals surface area (Å²) in [6, 6.07) is 19.6. The highest BCUT2D eigenvalue weighted by Crippen LogP contribution is 1.95. The van der Waals surface area contributed by atoms with Gasteiger partial charge in [-0.1, -0.05) is 60.7 Å². The fraction of sp³-hybridized carbons (Fsp3) is 0.304. The molecule has 2 N–H and O–H groups in total. The molecule has 0 heterocycles. The summed E-state index contributed by atoms with van der Waals surface area (Å²) >= 11 is 0. The van der Waals surface area contributed by atoms with Crippen LogP contribution in [-0.2, 0) is 9.59 Å². The lowest BCUT2D eigenvalue weighted by Crippen LogP contribution is -2.30. The van der Waals surface area contributed by atoms with E-state index in [9.17, 15) is 9.59 Å². The monoisotopic (exact) mass is 392 g/mol. The van der Waals surface area contributed by atoms with Crippen molar-refractivity contribution in [1.29, 1.82) is 0 Å². The number of aliphatic imine (C=N–C) groups is 2. The van der Waals surface area contributed by atoms with E-state index >= 15 is 0 Å². The quantitative estimate of drug-likeness (QED) is 0.430. The molecule has 2 rings (SSSR count). The molecule has 6 nitrogen and oxygen atoms in total. The molecule has 0 atom stereocenters. The minimum absolute atomic E-state index is 0.0308. The number of rotatable bonds is 12. The number of hydrogen-bond donors (Lipinski definition) is 2. The van der Waals surface area contributed by atoms with Crippen molar-refractivity contribution in [2.75, 3.05) is 26.2 Å². The van der Waals surface area contributed by atoms with Crippen molar-refractivity contribution in [3.05, 3.63) is 71.8 Å². The normalized spacial score (nSPS) is 11.0. The summed E-state index contributed by atoms with van der Waals surface area (Å²) in [4.78, 5) is 32.0. The molecule has 0 saturated carbocycles. The molecular weight excluding hydrogens is 364 g/mol. The van der Waals surface area contributed by atoms with Gasteiger partial charge in [0.15, 0.2) is 0 Å². The number of nitrogens with one attached hydrogen (secondary N) is 2. The molecule has 29 heavy (non-hydrogen) atoms. The van der Waals surface area contributed by atoms with Crippen LogP contribution < -0.4 is 10.6 Å². The van der Waals surface area contributed by atoms with Gasteiger partial charge in [0.25, 0.3) is 0 Å². The van der Waals surface area contributed by atoms with E-state index in [4.69, 9.17) is 0 Å². The third-order valence-electron chi connectivity index (χ3n) is 4.01. The van der Waals surface area contributed by atoms with Crippen LogP contribution in [0.2, 0.25) is 0 Å². The van der Waals surface area contributed by atoms with Gasteiger partial charge in [-0.2, -0.15) is 0 Å². The predicted molar refractivity (Wildman–Crippen MR) is 118 cm³/mol. The summed E-state index contributed by atoms with van der Waals surface area (Å²) in [5, 5.41) is 5.68. The standard InChI is InChI=1S/C23H28N4O2/c28-22(12-16-24-18-20-8-3-1-4-9-20)26-14-7-15-27-23(29)13-17-25-19-21-10-5-2-6-11-21/h1-6,8-11,18-19H,7,12-17H2,(H,26,28)(H,27,29). The van der Waals surface area contributed by atoms with E-state index < -0.39 is 0 Å². The Balaban J connectivity index is 1.45. The summed E-state index contributed by atoms with van der Waals surface area (Å²) in [7, 11) is 0. The molecular formula is C23H28N4O2. The topological polar surface area (TPSA) is 82.9 Å². The summed E-state index contributed by atoms with van der Waals surface area (Å²) in [5.74, 6) is -0.0615. The van der Waals surface area contributed by atoms with Gasteiger partial charge in [0.2, 0.25) is 11.8 Å².